The van der Waals surface area contributed by atoms with Gasteiger partial charge in [0.2, 0.25) is 15.9 Å². The van der Waals surface area contributed by atoms with Crippen molar-refractivity contribution in [3.63, 3.8) is 0 Å². The highest BCUT2D eigenvalue weighted by Gasteiger charge is 2.24. The Morgan fingerprint density at radius 1 is 0.806 bits per heavy atom. The van der Waals surface area contributed by atoms with E-state index >= 15 is 0 Å². The van der Waals surface area contributed by atoms with Gasteiger partial charge in [-0.2, -0.15) is 0 Å². The molecule has 0 radical (unpaired) electrons. The number of ether oxygens (including phenoxy) is 1. The smallest absolute Gasteiger partial charge is 0.241 e. The Hall–Kier alpha value is -4.10. The lowest BCUT2D eigenvalue weighted by molar-refractivity contribution is -0.120. The number of carbonyl (C=O) groups excluding carboxylic acids is 1. The zero-order valence-electron chi connectivity index (χ0n) is 20.2. The number of rotatable bonds is 9. The molecule has 0 aromatic heterocycles. The zero-order valence-corrected chi connectivity index (χ0v) is 21.0. The molecule has 4 rings (SSSR count). The maximum absolute atomic E-state index is 13.2. The summed E-state index contributed by atoms with van der Waals surface area (Å²) < 4.78 is 32.2. The second-order valence-corrected chi connectivity index (χ2v) is 10.4. The van der Waals surface area contributed by atoms with E-state index in [0.29, 0.717) is 17.2 Å². The van der Waals surface area contributed by atoms with Crippen LogP contribution in [0, 0.1) is 6.92 Å². The number of carbonyl (C=O) groups is 1. The maximum atomic E-state index is 13.2. The molecule has 0 spiro atoms. The van der Waals surface area contributed by atoms with Crippen LogP contribution < -0.4 is 14.4 Å². The molecule has 4 aromatic carbocycles. The molecule has 0 heterocycles. The van der Waals surface area contributed by atoms with Crippen molar-refractivity contribution in [3.05, 3.63) is 126 Å². The molecule has 0 fully saturated rings. The summed E-state index contributed by atoms with van der Waals surface area (Å²) in [5.41, 5.74) is 3.26. The summed E-state index contributed by atoms with van der Waals surface area (Å²) >= 11 is 0. The molecule has 0 bridgehead atoms. The fourth-order valence-electron chi connectivity index (χ4n) is 3.94. The first-order valence-corrected chi connectivity index (χ1v) is 13.4. The topological polar surface area (TPSA) is 75.7 Å². The van der Waals surface area contributed by atoms with E-state index in [4.69, 9.17) is 4.74 Å². The van der Waals surface area contributed by atoms with Gasteiger partial charge in [0.1, 0.15) is 18.0 Å². The molecule has 0 aliphatic rings. The van der Waals surface area contributed by atoms with Crippen LogP contribution in [0.15, 0.2) is 109 Å². The van der Waals surface area contributed by atoms with E-state index in [0.717, 1.165) is 27.3 Å². The van der Waals surface area contributed by atoms with Crippen molar-refractivity contribution in [2.24, 2.45) is 0 Å². The minimum atomic E-state index is -3.73. The molecule has 36 heavy (non-hydrogen) atoms. The van der Waals surface area contributed by atoms with Crippen LogP contribution in [-0.2, 0) is 14.8 Å². The number of benzene rings is 4. The average Bonchev–Trinajstić information content (AvgIpc) is 2.87. The molecule has 1 amide bonds. The van der Waals surface area contributed by atoms with Gasteiger partial charge in [-0.05, 0) is 60.0 Å². The van der Waals surface area contributed by atoms with Gasteiger partial charge in [0.25, 0.3) is 0 Å². The molecule has 0 unspecified atom stereocenters. The predicted molar refractivity (Wildman–Crippen MR) is 143 cm³/mol. The Kier molecular flexibility index (Phi) is 7.71. The van der Waals surface area contributed by atoms with Crippen LogP contribution >= 0.6 is 0 Å². The summed E-state index contributed by atoms with van der Waals surface area (Å²) in [5.74, 6) is 0.821. The molecule has 184 valence electrons. The maximum Gasteiger partial charge on any atom is 0.241 e. The van der Waals surface area contributed by atoms with Gasteiger partial charge in [-0.1, -0.05) is 72.8 Å². The Morgan fingerprint density at radius 3 is 1.97 bits per heavy atom. The fourth-order valence-corrected chi connectivity index (χ4v) is 4.80. The van der Waals surface area contributed by atoms with Crippen LogP contribution in [0.25, 0.3) is 0 Å². The van der Waals surface area contributed by atoms with Gasteiger partial charge in [0, 0.05) is 0 Å². The van der Waals surface area contributed by atoms with Crippen molar-refractivity contribution >= 4 is 21.6 Å². The molecule has 1 atom stereocenters. The highest BCUT2D eigenvalue weighted by Crippen LogP contribution is 2.27. The van der Waals surface area contributed by atoms with E-state index in [1.807, 2.05) is 91.9 Å². The first kappa shape index (κ1) is 25.0. The van der Waals surface area contributed by atoms with Crippen molar-refractivity contribution < 1.29 is 17.9 Å². The molecule has 1 N–H and O–H groups in total. The van der Waals surface area contributed by atoms with E-state index in [-0.39, 0.29) is 6.54 Å². The van der Waals surface area contributed by atoms with Crippen LogP contribution in [-0.4, -0.2) is 27.1 Å². The summed E-state index contributed by atoms with van der Waals surface area (Å²) in [7, 11) is -3.73. The van der Waals surface area contributed by atoms with Gasteiger partial charge >= 0.3 is 0 Å². The number of amides is 1. The molecule has 0 saturated carbocycles. The minimum Gasteiger partial charge on any atom is -0.457 e. The van der Waals surface area contributed by atoms with Crippen molar-refractivity contribution in [2.45, 2.75) is 13.0 Å². The number of para-hydroxylation sites is 1. The van der Waals surface area contributed by atoms with Crippen LogP contribution in [0.5, 0.6) is 11.5 Å². The van der Waals surface area contributed by atoms with Crippen LogP contribution in [0.2, 0.25) is 0 Å². The predicted octanol–water partition coefficient (Wildman–Crippen LogP) is 5.46. The normalized spacial score (nSPS) is 11.9. The third-order valence-electron chi connectivity index (χ3n) is 5.73. The molecule has 6 nitrogen and oxygen atoms in total. The van der Waals surface area contributed by atoms with Gasteiger partial charge < -0.3 is 10.1 Å². The van der Waals surface area contributed by atoms with Gasteiger partial charge in [-0.3, -0.25) is 9.10 Å². The van der Waals surface area contributed by atoms with Crippen LogP contribution in [0.1, 0.15) is 22.7 Å². The number of nitrogens with one attached hydrogen (secondary N) is 1. The number of hydrogen-bond acceptors (Lipinski definition) is 4. The monoisotopic (exact) mass is 500 g/mol. The molecular formula is C29H28N2O4S. The highest BCUT2D eigenvalue weighted by atomic mass is 32.2. The quantitative estimate of drug-likeness (QED) is 0.331. The Balaban J connectivity index is 1.55. The summed E-state index contributed by atoms with van der Waals surface area (Å²) in [6.07, 6.45) is 1.09. The molecular weight excluding hydrogens is 472 g/mol. The Labute approximate surface area is 212 Å². The number of hydrogen-bond donors (Lipinski definition) is 1. The minimum absolute atomic E-state index is 0.354. The third kappa shape index (κ3) is 6.31. The molecule has 0 aliphatic carbocycles. The zero-order chi connectivity index (χ0) is 25.5. The van der Waals surface area contributed by atoms with E-state index in [2.05, 4.69) is 5.32 Å². The van der Waals surface area contributed by atoms with Crippen LogP contribution in [0.4, 0.5) is 5.69 Å². The lowest BCUT2D eigenvalue weighted by Crippen LogP contribution is -2.42. The van der Waals surface area contributed by atoms with Gasteiger partial charge in [0.15, 0.2) is 0 Å². The van der Waals surface area contributed by atoms with Crippen molar-refractivity contribution in [1.82, 2.24) is 5.32 Å². The molecule has 0 aliphatic heterocycles. The summed E-state index contributed by atoms with van der Waals surface area (Å²) in [6.45, 7) is 1.63. The molecule has 4 aromatic rings. The molecule has 7 heteroatoms. The Morgan fingerprint density at radius 2 is 1.36 bits per heavy atom. The van der Waals surface area contributed by atoms with Crippen LogP contribution in [0.3, 0.4) is 0 Å². The average molecular weight is 501 g/mol. The first-order valence-electron chi connectivity index (χ1n) is 11.5. The second kappa shape index (κ2) is 11.1. The highest BCUT2D eigenvalue weighted by molar-refractivity contribution is 7.92. The molecule has 0 saturated heterocycles. The first-order chi connectivity index (χ1) is 17.3. The van der Waals surface area contributed by atoms with Crippen molar-refractivity contribution in [3.8, 4) is 11.5 Å². The number of sulfonamides is 1. The lowest BCUT2D eigenvalue weighted by atomic mass is 9.95. The SMILES string of the molecule is Cc1ccccc1[C@@H](NC(=O)CN(c1ccc(Oc2ccccc2)cc1)S(C)(=O)=O)c1ccccc1. The summed E-state index contributed by atoms with van der Waals surface area (Å²) in [5, 5.41) is 3.04. The Bertz CT molecular complexity index is 1410. The number of nitrogens with zero attached hydrogens (tertiary/aromatic N) is 1. The fraction of sp³-hybridized carbons (Fsp3) is 0.138. The van der Waals surface area contributed by atoms with Gasteiger partial charge in [0.05, 0.1) is 18.0 Å². The number of anilines is 1. The summed E-state index contributed by atoms with van der Waals surface area (Å²) in [6, 6.07) is 32.9. The van der Waals surface area contributed by atoms with Gasteiger partial charge in [-0.25, -0.2) is 8.42 Å². The third-order valence-corrected chi connectivity index (χ3v) is 6.87. The van der Waals surface area contributed by atoms with E-state index < -0.39 is 22.0 Å². The summed E-state index contributed by atoms with van der Waals surface area (Å²) in [4.78, 5) is 13.2. The van der Waals surface area contributed by atoms with E-state index in [1.54, 1.807) is 24.3 Å². The lowest BCUT2D eigenvalue weighted by Gasteiger charge is -2.25. The van der Waals surface area contributed by atoms with Gasteiger partial charge in [-0.15, -0.1) is 0 Å². The second-order valence-electron chi connectivity index (χ2n) is 8.45. The van der Waals surface area contributed by atoms with E-state index in [1.165, 1.54) is 0 Å². The van der Waals surface area contributed by atoms with Crippen molar-refractivity contribution in [2.75, 3.05) is 17.1 Å². The standard InChI is InChI=1S/C29H28N2O4S/c1-22-11-9-10-16-27(22)29(23-12-5-3-6-13-23)30-28(32)21-31(36(2,33)34)24-17-19-26(20-18-24)35-25-14-7-4-8-15-25/h3-20,29H,21H2,1-2H3,(H,30,32)/t29-/m0/s1. The largest absolute Gasteiger partial charge is 0.457 e. The number of aryl methyl sites for hydroxylation is 1. The van der Waals surface area contributed by atoms with Crippen molar-refractivity contribution in [1.29, 1.82) is 0 Å². The van der Waals surface area contributed by atoms with E-state index in [9.17, 15) is 13.2 Å².